The van der Waals surface area contributed by atoms with E-state index in [9.17, 15) is 32.3 Å². The van der Waals surface area contributed by atoms with Crippen LogP contribution in [0.3, 0.4) is 0 Å². The summed E-state index contributed by atoms with van der Waals surface area (Å²) in [6.07, 6.45) is -5.23. The topological polar surface area (TPSA) is 79.5 Å². The molecule has 0 saturated carbocycles. The number of carbonyl (C=O) groups is 2. The summed E-state index contributed by atoms with van der Waals surface area (Å²) in [6.45, 7) is 1.37. The van der Waals surface area contributed by atoms with Gasteiger partial charge in [-0.3, -0.25) is 14.2 Å². The second-order valence-corrected chi connectivity index (χ2v) is 6.81. The summed E-state index contributed by atoms with van der Waals surface area (Å²) in [4.78, 5) is 22.7. The first-order valence-corrected chi connectivity index (χ1v) is 8.29. The molecule has 0 atom stereocenters. The van der Waals surface area contributed by atoms with Gasteiger partial charge in [0.25, 0.3) is 5.91 Å². The van der Waals surface area contributed by atoms with Gasteiger partial charge in [0.2, 0.25) is 0 Å². The zero-order chi connectivity index (χ0) is 20.1. The number of carboxylic acid groups (broad SMARTS) is 1. The minimum Gasteiger partial charge on any atom is -0.505 e. The van der Waals surface area contributed by atoms with E-state index in [1.807, 2.05) is 0 Å². The third-order valence-corrected chi connectivity index (χ3v) is 5.16. The molecule has 0 aliphatic heterocycles. The minimum absolute atomic E-state index is 0.0353. The number of fused-ring (bicyclic) bond motifs is 1. The number of alkyl halides is 3. The lowest BCUT2D eigenvalue weighted by atomic mass is 10.1. The predicted octanol–water partition coefficient (Wildman–Crippen LogP) is 4.19. The number of rotatable bonds is 3. The van der Waals surface area contributed by atoms with Crippen LogP contribution in [0.5, 0.6) is 5.75 Å². The molecular weight excluding hydrogens is 390 g/mol. The molecule has 3 rings (SSSR count). The monoisotopic (exact) mass is 401 g/mol. The number of aromatic hydroxyl groups is 1. The van der Waals surface area contributed by atoms with E-state index >= 15 is 0 Å². The number of hydrogen-bond donors (Lipinski definition) is 2. The quantitative estimate of drug-likeness (QED) is 0.645. The van der Waals surface area contributed by atoms with Crippen LogP contribution in [0.15, 0.2) is 24.3 Å². The van der Waals surface area contributed by atoms with Gasteiger partial charge in [0.05, 0.1) is 16.8 Å². The lowest BCUT2D eigenvalue weighted by molar-refractivity contribution is -0.136. The van der Waals surface area contributed by atoms with E-state index < -0.39 is 40.9 Å². The molecule has 0 aliphatic rings. The highest BCUT2D eigenvalue weighted by molar-refractivity contribution is 7.14. The third-order valence-electron chi connectivity index (χ3n) is 4.04. The van der Waals surface area contributed by atoms with Crippen LogP contribution in [0.25, 0.3) is 10.9 Å². The van der Waals surface area contributed by atoms with Gasteiger partial charge < -0.3 is 10.2 Å². The fourth-order valence-electron chi connectivity index (χ4n) is 2.87. The lowest BCUT2D eigenvalue weighted by Crippen LogP contribution is -2.13. The second-order valence-electron chi connectivity index (χ2n) is 5.73. The lowest BCUT2D eigenvalue weighted by Gasteiger charge is -2.06. The van der Waals surface area contributed by atoms with E-state index in [0.29, 0.717) is 0 Å². The smallest absolute Gasteiger partial charge is 0.425 e. The molecule has 2 aromatic heterocycles. The summed E-state index contributed by atoms with van der Waals surface area (Å²) in [5.74, 6) is -3.96. The van der Waals surface area contributed by atoms with Gasteiger partial charge in [-0.1, -0.05) is 0 Å². The van der Waals surface area contributed by atoms with E-state index in [1.54, 1.807) is 0 Å². The van der Waals surface area contributed by atoms with Gasteiger partial charge >= 0.3 is 12.1 Å². The Kier molecular flexibility index (Phi) is 4.46. The maximum Gasteiger partial charge on any atom is 0.425 e. The molecule has 27 heavy (non-hydrogen) atoms. The van der Waals surface area contributed by atoms with Crippen molar-refractivity contribution in [3.05, 3.63) is 51.1 Å². The Morgan fingerprint density at radius 1 is 1.19 bits per heavy atom. The van der Waals surface area contributed by atoms with Crippen molar-refractivity contribution in [2.75, 3.05) is 0 Å². The Bertz CT molecular complexity index is 1080. The molecule has 1 aromatic carbocycles. The number of halogens is 4. The van der Waals surface area contributed by atoms with Crippen LogP contribution in [-0.4, -0.2) is 26.7 Å². The van der Waals surface area contributed by atoms with E-state index in [-0.39, 0.29) is 38.4 Å². The van der Waals surface area contributed by atoms with Crippen LogP contribution in [0, 0.1) is 12.7 Å². The Morgan fingerprint density at radius 2 is 1.85 bits per heavy atom. The summed E-state index contributed by atoms with van der Waals surface area (Å²) < 4.78 is 53.8. The van der Waals surface area contributed by atoms with Crippen LogP contribution in [0.4, 0.5) is 17.6 Å². The molecule has 2 heterocycles. The third kappa shape index (κ3) is 3.16. The fraction of sp³-hybridized carbons (Fsp3) is 0.176. The van der Waals surface area contributed by atoms with Crippen LogP contribution in [-0.2, 0) is 17.4 Å². The molecule has 0 amide bonds. The molecular formula is C17H11F4NO4S. The van der Waals surface area contributed by atoms with Crippen molar-refractivity contribution in [2.24, 2.45) is 0 Å². The van der Waals surface area contributed by atoms with E-state index in [1.165, 1.54) is 13.0 Å². The molecule has 2 N–H and O–H groups in total. The van der Waals surface area contributed by atoms with Gasteiger partial charge in [-0.2, -0.15) is 13.2 Å². The fourth-order valence-corrected chi connectivity index (χ4v) is 3.67. The van der Waals surface area contributed by atoms with Crippen molar-refractivity contribution >= 4 is 34.1 Å². The minimum atomic E-state index is -4.61. The maximum absolute atomic E-state index is 14.4. The summed E-state index contributed by atoms with van der Waals surface area (Å²) in [6, 6.07) is 3.97. The highest BCUT2D eigenvalue weighted by Gasteiger charge is 2.34. The van der Waals surface area contributed by atoms with Gasteiger partial charge in [0.15, 0.2) is 11.6 Å². The molecule has 0 saturated heterocycles. The largest absolute Gasteiger partial charge is 0.505 e. The molecule has 3 aromatic rings. The number of phenolic OH excluding ortho intramolecular Hbond substituents is 1. The molecule has 5 nitrogen and oxygen atoms in total. The van der Waals surface area contributed by atoms with Gasteiger partial charge in [0, 0.05) is 11.1 Å². The van der Waals surface area contributed by atoms with E-state index in [2.05, 4.69) is 0 Å². The number of carbonyl (C=O) groups excluding carboxylic acids is 1. The Balaban J connectivity index is 2.24. The van der Waals surface area contributed by atoms with Crippen molar-refractivity contribution in [2.45, 2.75) is 19.5 Å². The van der Waals surface area contributed by atoms with Crippen LogP contribution >= 0.6 is 11.3 Å². The number of hydrogen-bond acceptors (Lipinski definition) is 4. The zero-order valence-corrected chi connectivity index (χ0v) is 14.4. The molecule has 0 aliphatic carbocycles. The number of thiophene rings is 1. The van der Waals surface area contributed by atoms with Crippen LogP contribution in [0.2, 0.25) is 0 Å². The zero-order valence-electron chi connectivity index (χ0n) is 13.6. The number of carboxylic acids is 1. The van der Waals surface area contributed by atoms with E-state index in [0.717, 1.165) is 22.8 Å². The molecule has 10 heteroatoms. The standard InChI is InChI=1S/C17H11F4NO4S/c1-7-8(6-13(24)25)14-9(2-3-10(23)15(14)18)22(7)16(26)11-4-5-12(27-11)17(19,20)21/h2-5,23H,6H2,1H3,(H,24,25). The maximum atomic E-state index is 14.4. The van der Waals surface area contributed by atoms with Crippen molar-refractivity contribution in [1.82, 2.24) is 4.57 Å². The van der Waals surface area contributed by atoms with Crippen molar-refractivity contribution in [3.63, 3.8) is 0 Å². The average molecular weight is 401 g/mol. The molecule has 0 radical (unpaired) electrons. The summed E-state index contributed by atoms with van der Waals surface area (Å²) >= 11 is 0.236. The summed E-state index contributed by atoms with van der Waals surface area (Å²) in [7, 11) is 0. The van der Waals surface area contributed by atoms with Gasteiger partial charge in [-0.25, -0.2) is 4.39 Å². The Labute approximate surface area is 153 Å². The normalized spacial score (nSPS) is 11.9. The predicted molar refractivity (Wildman–Crippen MR) is 88.7 cm³/mol. The molecule has 142 valence electrons. The van der Waals surface area contributed by atoms with Crippen molar-refractivity contribution < 1.29 is 37.4 Å². The number of phenols is 1. The molecule has 0 unspecified atom stereocenters. The highest BCUT2D eigenvalue weighted by atomic mass is 32.1. The van der Waals surface area contributed by atoms with Crippen LogP contribution in [0.1, 0.15) is 25.8 Å². The molecule has 0 fully saturated rings. The summed E-state index contributed by atoms with van der Waals surface area (Å²) in [5.41, 5.74) is 0.00159. The van der Waals surface area contributed by atoms with Gasteiger partial charge in [-0.05, 0) is 36.8 Å². The number of nitrogens with zero attached hydrogens (tertiary/aromatic N) is 1. The second kappa shape index (κ2) is 6.38. The van der Waals surface area contributed by atoms with Gasteiger partial charge in [0.1, 0.15) is 4.88 Å². The van der Waals surface area contributed by atoms with Gasteiger partial charge in [-0.15, -0.1) is 11.3 Å². The first kappa shape index (κ1) is 18.9. The summed E-state index contributed by atoms with van der Waals surface area (Å²) in [5, 5.41) is 18.4. The highest BCUT2D eigenvalue weighted by Crippen LogP contribution is 2.37. The first-order valence-electron chi connectivity index (χ1n) is 7.47. The molecule has 0 spiro atoms. The Hall–Kier alpha value is -2.88. The number of aliphatic carboxylic acids is 1. The molecule has 0 bridgehead atoms. The SMILES string of the molecule is Cc1c(CC(=O)O)c2c(F)c(O)ccc2n1C(=O)c1ccc(C(F)(F)F)s1. The first-order chi connectivity index (χ1) is 12.5. The number of benzene rings is 1. The van der Waals surface area contributed by atoms with Crippen molar-refractivity contribution in [1.29, 1.82) is 0 Å². The number of aromatic nitrogens is 1. The Morgan fingerprint density at radius 3 is 2.41 bits per heavy atom. The van der Waals surface area contributed by atoms with Crippen LogP contribution < -0.4 is 0 Å². The van der Waals surface area contributed by atoms with E-state index in [4.69, 9.17) is 5.11 Å². The average Bonchev–Trinajstić information content (AvgIpc) is 3.15. The van der Waals surface area contributed by atoms with Crippen molar-refractivity contribution in [3.8, 4) is 5.75 Å².